The van der Waals surface area contributed by atoms with Crippen molar-refractivity contribution in [3.63, 3.8) is 0 Å². The van der Waals surface area contributed by atoms with Crippen LogP contribution in [-0.4, -0.2) is 14.2 Å². The zero-order valence-electron chi connectivity index (χ0n) is 12.9. The van der Waals surface area contributed by atoms with E-state index in [4.69, 9.17) is 19.6 Å². The quantitative estimate of drug-likeness (QED) is 0.938. The van der Waals surface area contributed by atoms with Gasteiger partial charge in [0.2, 0.25) is 0 Å². The summed E-state index contributed by atoms with van der Waals surface area (Å²) in [5.41, 5.74) is 8.34. The number of halogens is 1. The second-order valence-corrected chi connectivity index (χ2v) is 4.96. The minimum atomic E-state index is -0.623. The zero-order valence-corrected chi connectivity index (χ0v) is 12.9. The second-order valence-electron chi connectivity index (χ2n) is 4.96. The van der Waals surface area contributed by atoms with Gasteiger partial charge in [0, 0.05) is 17.2 Å². The number of hydrogen-bond acceptors (Lipinski definition) is 4. The molecule has 0 aliphatic heterocycles. The van der Waals surface area contributed by atoms with Gasteiger partial charge in [-0.3, -0.25) is 0 Å². The molecule has 0 aliphatic rings. The molecule has 0 saturated heterocycles. The summed E-state index contributed by atoms with van der Waals surface area (Å²) in [5.74, 6) is 1.84. The number of furan rings is 1. The molecule has 0 bridgehead atoms. The Morgan fingerprint density at radius 3 is 2.10 bits per heavy atom. The third-order valence-electron chi connectivity index (χ3n) is 3.77. The maximum absolute atomic E-state index is 14.3. The van der Waals surface area contributed by atoms with Crippen molar-refractivity contribution in [2.24, 2.45) is 5.73 Å². The molecular weight excluding hydrogens is 273 g/mol. The number of rotatable bonds is 4. The zero-order chi connectivity index (χ0) is 15.7. The third kappa shape index (κ3) is 2.61. The van der Waals surface area contributed by atoms with Gasteiger partial charge in [-0.25, -0.2) is 4.39 Å². The lowest BCUT2D eigenvalue weighted by atomic mass is 9.95. The molecule has 5 heteroatoms. The Labute approximate surface area is 123 Å². The van der Waals surface area contributed by atoms with Crippen molar-refractivity contribution in [1.82, 2.24) is 0 Å². The Morgan fingerprint density at radius 1 is 1.05 bits per heavy atom. The Kier molecular flexibility index (Phi) is 4.23. The van der Waals surface area contributed by atoms with E-state index in [2.05, 4.69) is 0 Å². The molecule has 4 nitrogen and oxygen atoms in total. The van der Waals surface area contributed by atoms with E-state index in [1.807, 2.05) is 20.8 Å². The first kappa shape index (κ1) is 15.4. The fraction of sp³-hybridized carbons (Fsp3) is 0.375. The highest BCUT2D eigenvalue weighted by Gasteiger charge is 2.23. The molecule has 1 aromatic heterocycles. The molecule has 2 N–H and O–H groups in total. The normalized spacial score (nSPS) is 12.3. The predicted octanol–water partition coefficient (Wildman–Crippen LogP) is 3.41. The Bertz CT molecular complexity index is 664. The number of hydrogen-bond donors (Lipinski definition) is 1. The van der Waals surface area contributed by atoms with E-state index in [0.29, 0.717) is 22.8 Å². The molecule has 0 fully saturated rings. The van der Waals surface area contributed by atoms with Gasteiger partial charge in [0.05, 0.1) is 20.3 Å². The lowest BCUT2D eigenvalue weighted by Crippen LogP contribution is -2.15. The summed E-state index contributed by atoms with van der Waals surface area (Å²) in [4.78, 5) is 0. The van der Waals surface area contributed by atoms with Gasteiger partial charge in [-0.15, -0.1) is 0 Å². The van der Waals surface area contributed by atoms with Crippen LogP contribution in [0.1, 0.15) is 34.3 Å². The van der Waals surface area contributed by atoms with Crippen LogP contribution in [0.3, 0.4) is 0 Å². The molecule has 1 atom stereocenters. The number of ether oxygens (including phenoxy) is 2. The Balaban J connectivity index is 2.55. The molecule has 0 amide bonds. The molecule has 0 radical (unpaired) electrons. The van der Waals surface area contributed by atoms with Gasteiger partial charge in [-0.05, 0) is 32.4 Å². The largest absolute Gasteiger partial charge is 0.493 e. The van der Waals surface area contributed by atoms with Crippen molar-refractivity contribution >= 4 is 0 Å². The van der Waals surface area contributed by atoms with Crippen LogP contribution in [0, 0.1) is 26.6 Å². The number of nitrogens with two attached hydrogens (primary N) is 1. The molecule has 1 heterocycles. The minimum Gasteiger partial charge on any atom is -0.493 e. The van der Waals surface area contributed by atoms with Crippen molar-refractivity contribution in [2.75, 3.05) is 14.2 Å². The van der Waals surface area contributed by atoms with Crippen molar-refractivity contribution in [2.45, 2.75) is 26.8 Å². The van der Waals surface area contributed by atoms with E-state index in [1.54, 1.807) is 6.07 Å². The smallest absolute Gasteiger partial charge is 0.163 e. The van der Waals surface area contributed by atoms with Gasteiger partial charge < -0.3 is 19.6 Å². The molecule has 21 heavy (non-hydrogen) atoms. The molecule has 1 aromatic carbocycles. The first-order valence-electron chi connectivity index (χ1n) is 6.64. The van der Waals surface area contributed by atoms with Gasteiger partial charge in [-0.1, -0.05) is 0 Å². The summed E-state index contributed by atoms with van der Waals surface area (Å²) < 4.78 is 30.2. The van der Waals surface area contributed by atoms with Gasteiger partial charge in [-0.2, -0.15) is 0 Å². The van der Waals surface area contributed by atoms with E-state index in [-0.39, 0.29) is 0 Å². The molecule has 2 rings (SSSR count). The average Bonchev–Trinajstić information content (AvgIpc) is 2.71. The topological polar surface area (TPSA) is 57.6 Å². The van der Waals surface area contributed by atoms with Gasteiger partial charge in [0.15, 0.2) is 11.5 Å². The summed E-state index contributed by atoms with van der Waals surface area (Å²) in [7, 11) is 2.97. The van der Waals surface area contributed by atoms with Crippen LogP contribution in [0.5, 0.6) is 11.5 Å². The lowest BCUT2D eigenvalue weighted by Gasteiger charge is -2.16. The summed E-state index contributed by atoms with van der Waals surface area (Å²) in [5, 5.41) is 0. The van der Waals surface area contributed by atoms with Gasteiger partial charge >= 0.3 is 0 Å². The van der Waals surface area contributed by atoms with Crippen LogP contribution in [-0.2, 0) is 0 Å². The highest BCUT2D eigenvalue weighted by atomic mass is 19.1. The Morgan fingerprint density at radius 2 is 1.62 bits per heavy atom. The van der Waals surface area contributed by atoms with E-state index in [1.165, 1.54) is 20.3 Å². The van der Waals surface area contributed by atoms with Crippen LogP contribution >= 0.6 is 0 Å². The molecule has 1 unspecified atom stereocenters. The Hall–Kier alpha value is -2.01. The van der Waals surface area contributed by atoms with Crippen molar-refractivity contribution in [3.05, 3.63) is 46.2 Å². The molecule has 114 valence electrons. The van der Waals surface area contributed by atoms with Crippen LogP contribution in [0.15, 0.2) is 16.5 Å². The minimum absolute atomic E-state index is 0.336. The van der Waals surface area contributed by atoms with Crippen LogP contribution < -0.4 is 15.2 Å². The van der Waals surface area contributed by atoms with E-state index < -0.39 is 11.9 Å². The first-order valence-corrected chi connectivity index (χ1v) is 6.64. The predicted molar refractivity (Wildman–Crippen MR) is 78.5 cm³/mol. The number of benzene rings is 1. The first-order chi connectivity index (χ1) is 9.90. The summed E-state index contributed by atoms with van der Waals surface area (Å²) in [6, 6.07) is 2.23. The van der Waals surface area contributed by atoms with Crippen molar-refractivity contribution in [1.29, 1.82) is 0 Å². The molecule has 2 aromatic rings. The second kappa shape index (κ2) is 5.77. The highest BCUT2D eigenvalue weighted by molar-refractivity contribution is 5.48. The molecule has 0 aliphatic carbocycles. The van der Waals surface area contributed by atoms with Crippen LogP contribution in [0.2, 0.25) is 0 Å². The summed E-state index contributed by atoms with van der Waals surface area (Å²) in [6.07, 6.45) is 0. The SMILES string of the molecule is COc1cc(F)c(C(N)c2c(C)oc(C)c2C)cc1OC. The van der Waals surface area contributed by atoms with Gasteiger partial charge in [0.1, 0.15) is 17.3 Å². The molecular formula is C16H20FNO3. The average molecular weight is 293 g/mol. The van der Waals surface area contributed by atoms with Crippen molar-refractivity contribution < 1.29 is 18.3 Å². The van der Waals surface area contributed by atoms with Crippen LogP contribution in [0.25, 0.3) is 0 Å². The number of aryl methyl sites for hydroxylation is 2. The fourth-order valence-corrected chi connectivity index (χ4v) is 2.53. The maximum atomic E-state index is 14.3. The lowest BCUT2D eigenvalue weighted by molar-refractivity contribution is 0.351. The standard InChI is InChI=1S/C16H20FNO3/c1-8-9(2)21-10(3)15(8)16(18)11-6-13(19-4)14(20-5)7-12(11)17/h6-7,16H,18H2,1-5H3. The van der Waals surface area contributed by atoms with E-state index in [0.717, 1.165) is 16.9 Å². The number of methoxy groups -OCH3 is 2. The molecule has 0 spiro atoms. The molecule has 0 saturated carbocycles. The summed E-state index contributed by atoms with van der Waals surface area (Å²) in [6.45, 7) is 5.61. The summed E-state index contributed by atoms with van der Waals surface area (Å²) >= 11 is 0. The van der Waals surface area contributed by atoms with Crippen LogP contribution in [0.4, 0.5) is 4.39 Å². The maximum Gasteiger partial charge on any atom is 0.163 e. The van der Waals surface area contributed by atoms with E-state index >= 15 is 0 Å². The fourth-order valence-electron chi connectivity index (χ4n) is 2.53. The van der Waals surface area contributed by atoms with Crippen molar-refractivity contribution in [3.8, 4) is 11.5 Å². The van der Waals surface area contributed by atoms with Gasteiger partial charge in [0.25, 0.3) is 0 Å². The highest BCUT2D eigenvalue weighted by Crippen LogP contribution is 2.36. The monoisotopic (exact) mass is 293 g/mol. The van der Waals surface area contributed by atoms with E-state index in [9.17, 15) is 4.39 Å². The third-order valence-corrected chi connectivity index (χ3v) is 3.77.